The molecule has 1 aromatic carbocycles. The van der Waals surface area contributed by atoms with Gasteiger partial charge in [0.15, 0.2) is 0 Å². The van der Waals surface area contributed by atoms with Gasteiger partial charge in [-0.2, -0.15) is 13.2 Å². The molecule has 0 saturated heterocycles. The molecular formula is C12H12F3NO. The predicted octanol–water partition coefficient (Wildman–Crippen LogP) is 3.63. The van der Waals surface area contributed by atoms with Crippen molar-refractivity contribution in [3.63, 3.8) is 0 Å². The molecule has 0 aliphatic heterocycles. The Morgan fingerprint density at radius 1 is 1.35 bits per heavy atom. The third-order valence-electron chi connectivity index (χ3n) is 1.90. The summed E-state index contributed by atoms with van der Waals surface area (Å²) in [5.74, 6) is 0. The van der Waals surface area contributed by atoms with Gasteiger partial charge in [-0.1, -0.05) is 23.4 Å². The van der Waals surface area contributed by atoms with Crippen molar-refractivity contribution in [3.05, 3.63) is 48.0 Å². The molecule has 0 amide bonds. The molecule has 0 bridgehead atoms. The summed E-state index contributed by atoms with van der Waals surface area (Å²) in [4.78, 5) is 4.82. The van der Waals surface area contributed by atoms with Crippen molar-refractivity contribution < 1.29 is 18.0 Å². The van der Waals surface area contributed by atoms with Crippen LogP contribution in [0.2, 0.25) is 0 Å². The second-order valence-corrected chi connectivity index (χ2v) is 3.27. The molecule has 0 aliphatic carbocycles. The molecule has 0 atom stereocenters. The van der Waals surface area contributed by atoms with E-state index in [0.717, 1.165) is 12.1 Å². The van der Waals surface area contributed by atoms with Gasteiger partial charge >= 0.3 is 6.18 Å². The van der Waals surface area contributed by atoms with Gasteiger partial charge in [-0.3, -0.25) is 0 Å². The first-order valence-electron chi connectivity index (χ1n) is 4.97. The Bertz CT molecular complexity index is 399. The molecule has 0 unspecified atom stereocenters. The van der Waals surface area contributed by atoms with Gasteiger partial charge < -0.3 is 4.84 Å². The molecule has 0 spiro atoms. The second-order valence-electron chi connectivity index (χ2n) is 3.27. The van der Waals surface area contributed by atoms with E-state index in [2.05, 4.69) is 11.7 Å². The largest absolute Gasteiger partial charge is 0.416 e. The lowest BCUT2D eigenvalue weighted by molar-refractivity contribution is -0.137. The molecule has 0 saturated carbocycles. The highest BCUT2D eigenvalue weighted by atomic mass is 19.4. The highest BCUT2D eigenvalue weighted by Crippen LogP contribution is 2.29. The van der Waals surface area contributed by atoms with Crippen LogP contribution in [0.1, 0.15) is 17.5 Å². The minimum absolute atomic E-state index is 0.346. The predicted molar refractivity (Wildman–Crippen MR) is 59.8 cm³/mol. The number of rotatable bonds is 5. The van der Waals surface area contributed by atoms with Crippen LogP contribution in [0.5, 0.6) is 0 Å². The normalized spacial score (nSPS) is 11.7. The number of nitrogens with zero attached hydrogens (tertiary/aromatic N) is 1. The summed E-state index contributed by atoms with van der Waals surface area (Å²) in [7, 11) is 0. The highest BCUT2D eigenvalue weighted by molar-refractivity contribution is 5.79. The average Bonchev–Trinajstić information content (AvgIpc) is 2.28. The van der Waals surface area contributed by atoms with Crippen LogP contribution in [0.25, 0.3) is 0 Å². The maximum absolute atomic E-state index is 12.4. The molecule has 5 heteroatoms. The summed E-state index contributed by atoms with van der Waals surface area (Å²) >= 11 is 0. The summed E-state index contributed by atoms with van der Waals surface area (Å²) in [5.41, 5.74) is -0.356. The quantitative estimate of drug-likeness (QED) is 0.335. The summed E-state index contributed by atoms with van der Waals surface area (Å²) in [6, 6.07) is 4.87. The van der Waals surface area contributed by atoms with E-state index in [9.17, 15) is 13.2 Å². The molecule has 0 aliphatic rings. The first-order chi connectivity index (χ1) is 8.04. The van der Waals surface area contributed by atoms with Crippen molar-refractivity contribution in [2.75, 3.05) is 6.61 Å². The molecule has 1 rings (SSSR count). The number of halogens is 3. The van der Waals surface area contributed by atoms with Crippen LogP contribution in [-0.2, 0) is 11.0 Å². The van der Waals surface area contributed by atoms with Crippen LogP contribution in [0.15, 0.2) is 42.1 Å². The lowest BCUT2D eigenvalue weighted by Gasteiger charge is -2.06. The van der Waals surface area contributed by atoms with Gasteiger partial charge in [-0.05, 0) is 17.7 Å². The number of hydrogen-bond donors (Lipinski definition) is 0. The van der Waals surface area contributed by atoms with E-state index in [0.29, 0.717) is 18.6 Å². The minimum atomic E-state index is -4.34. The van der Waals surface area contributed by atoms with Crippen molar-refractivity contribution >= 4 is 6.21 Å². The minimum Gasteiger partial charge on any atom is -0.395 e. The van der Waals surface area contributed by atoms with E-state index in [-0.39, 0.29) is 0 Å². The maximum Gasteiger partial charge on any atom is 0.416 e. The van der Waals surface area contributed by atoms with Gasteiger partial charge in [-0.15, -0.1) is 6.58 Å². The van der Waals surface area contributed by atoms with E-state index < -0.39 is 11.7 Å². The first kappa shape index (κ1) is 13.3. The fourth-order valence-electron chi connectivity index (χ4n) is 1.08. The zero-order valence-corrected chi connectivity index (χ0v) is 9.07. The van der Waals surface area contributed by atoms with Gasteiger partial charge in [0.05, 0.1) is 11.8 Å². The molecule has 1 aromatic rings. The zero-order valence-electron chi connectivity index (χ0n) is 9.07. The van der Waals surface area contributed by atoms with Crippen molar-refractivity contribution in [1.82, 2.24) is 0 Å². The standard InChI is InChI=1S/C12H12F3NO/c1-2-3-7-17-16-9-10-5-4-6-11(8-10)12(13,14)15/h2,4-6,8-9H,1,3,7H2. The summed E-state index contributed by atoms with van der Waals surface area (Å²) in [5, 5.41) is 3.56. The molecule has 2 nitrogen and oxygen atoms in total. The smallest absolute Gasteiger partial charge is 0.395 e. The van der Waals surface area contributed by atoms with Crippen LogP contribution < -0.4 is 0 Å². The molecule has 0 heterocycles. The number of oxime groups is 1. The SMILES string of the molecule is C=CCCON=Cc1cccc(C(F)(F)F)c1. The van der Waals surface area contributed by atoms with Crippen LogP contribution in [0.3, 0.4) is 0 Å². The molecular weight excluding hydrogens is 231 g/mol. The topological polar surface area (TPSA) is 21.6 Å². The number of alkyl halides is 3. The fraction of sp³-hybridized carbons (Fsp3) is 0.250. The van der Waals surface area contributed by atoms with Gasteiger partial charge in [0.1, 0.15) is 6.61 Å². The maximum atomic E-state index is 12.4. The first-order valence-corrected chi connectivity index (χ1v) is 4.97. The Hall–Kier alpha value is -1.78. The third kappa shape index (κ3) is 4.72. The van der Waals surface area contributed by atoms with Crippen LogP contribution in [-0.4, -0.2) is 12.8 Å². The number of benzene rings is 1. The van der Waals surface area contributed by atoms with Crippen LogP contribution >= 0.6 is 0 Å². The Kier molecular flexibility index (Phi) is 4.75. The van der Waals surface area contributed by atoms with Crippen molar-refractivity contribution in [2.24, 2.45) is 5.16 Å². The average molecular weight is 243 g/mol. The Labute approximate surface area is 97.4 Å². The van der Waals surface area contributed by atoms with Crippen LogP contribution in [0.4, 0.5) is 13.2 Å². The fourth-order valence-corrected chi connectivity index (χ4v) is 1.08. The van der Waals surface area contributed by atoms with E-state index in [4.69, 9.17) is 4.84 Å². The lowest BCUT2D eigenvalue weighted by Crippen LogP contribution is -2.05. The molecule has 17 heavy (non-hydrogen) atoms. The van der Waals surface area contributed by atoms with Crippen molar-refractivity contribution in [1.29, 1.82) is 0 Å². The van der Waals surface area contributed by atoms with Crippen molar-refractivity contribution in [2.45, 2.75) is 12.6 Å². The molecule has 0 radical (unpaired) electrons. The van der Waals surface area contributed by atoms with Crippen LogP contribution in [0, 0.1) is 0 Å². The zero-order chi connectivity index (χ0) is 12.7. The van der Waals surface area contributed by atoms with E-state index in [1.807, 2.05) is 0 Å². The van der Waals surface area contributed by atoms with Gasteiger partial charge in [0.25, 0.3) is 0 Å². The van der Waals surface area contributed by atoms with Gasteiger partial charge in [0, 0.05) is 6.42 Å². The molecule has 92 valence electrons. The Morgan fingerprint density at radius 3 is 2.76 bits per heavy atom. The highest BCUT2D eigenvalue weighted by Gasteiger charge is 2.30. The Morgan fingerprint density at radius 2 is 2.12 bits per heavy atom. The van der Waals surface area contributed by atoms with Gasteiger partial charge in [0.2, 0.25) is 0 Å². The van der Waals surface area contributed by atoms with E-state index in [1.165, 1.54) is 18.3 Å². The number of hydrogen-bond acceptors (Lipinski definition) is 2. The summed E-state index contributed by atoms with van der Waals surface area (Å²) in [6.45, 7) is 3.86. The third-order valence-corrected chi connectivity index (χ3v) is 1.90. The van der Waals surface area contributed by atoms with Gasteiger partial charge in [-0.25, -0.2) is 0 Å². The van der Waals surface area contributed by atoms with E-state index in [1.54, 1.807) is 6.08 Å². The summed E-state index contributed by atoms with van der Waals surface area (Å²) < 4.78 is 37.1. The summed E-state index contributed by atoms with van der Waals surface area (Å²) in [6.07, 6.45) is -0.786. The Balaban J connectivity index is 2.63. The van der Waals surface area contributed by atoms with Crippen molar-refractivity contribution in [3.8, 4) is 0 Å². The molecule has 0 N–H and O–H groups in total. The lowest BCUT2D eigenvalue weighted by atomic mass is 10.1. The molecule has 0 fully saturated rings. The molecule has 0 aromatic heterocycles. The van der Waals surface area contributed by atoms with E-state index >= 15 is 0 Å². The second kappa shape index (κ2) is 6.08. The monoisotopic (exact) mass is 243 g/mol.